The average molecular weight is 267 g/mol. The van der Waals surface area contributed by atoms with Crippen LogP contribution in [-0.4, -0.2) is 14.5 Å². The zero-order valence-corrected chi connectivity index (χ0v) is 11.8. The predicted molar refractivity (Wildman–Crippen MR) is 72.9 cm³/mol. The second-order valence-electron chi connectivity index (χ2n) is 5.39. The Bertz CT molecular complexity index is 485. The Morgan fingerprint density at radius 3 is 2.17 bits per heavy atom. The molecule has 0 aromatic heterocycles. The molecule has 1 aliphatic rings. The van der Waals surface area contributed by atoms with E-state index in [1.807, 2.05) is 19.1 Å². The van der Waals surface area contributed by atoms with E-state index in [9.17, 15) is 8.42 Å². The van der Waals surface area contributed by atoms with E-state index in [1.54, 1.807) is 12.1 Å². The summed E-state index contributed by atoms with van der Waals surface area (Å²) in [6.45, 7) is 4.18. The standard InChI is InChI=1S/C14H21NO2S/c1-11-3-7-13(8-4-11)15-18(16,17)14-9-5-12(2)6-10-14/h5-6,9-11,13,15H,3-4,7-8H2,1-2H3. The van der Waals surface area contributed by atoms with Crippen LogP contribution >= 0.6 is 0 Å². The van der Waals surface area contributed by atoms with E-state index in [1.165, 1.54) is 0 Å². The topological polar surface area (TPSA) is 46.2 Å². The third-order valence-electron chi connectivity index (χ3n) is 3.67. The fourth-order valence-electron chi connectivity index (χ4n) is 2.38. The number of aryl methyl sites for hydroxylation is 1. The van der Waals surface area contributed by atoms with Gasteiger partial charge in [-0.3, -0.25) is 0 Å². The lowest BCUT2D eigenvalue weighted by Crippen LogP contribution is -2.37. The molecule has 0 saturated heterocycles. The Hall–Kier alpha value is -0.870. The predicted octanol–water partition coefficient (Wildman–Crippen LogP) is 2.85. The molecular weight excluding hydrogens is 246 g/mol. The van der Waals surface area contributed by atoms with Crippen molar-refractivity contribution in [3.63, 3.8) is 0 Å². The third-order valence-corrected chi connectivity index (χ3v) is 5.21. The zero-order valence-electron chi connectivity index (χ0n) is 11.0. The van der Waals surface area contributed by atoms with Gasteiger partial charge in [0.2, 0.25) is 10.0 Å². The highest BCUT2D eigenvalue weighted by molar-refractivity contribution is 7.89. The molecule has 0 bridgehead atoms. The van der Waals surface area contributed by atoms with Crippen LogP contribution in [0.5, 0.6) is 0 Å². The first-order valence-corrected chi connectivity index (χ1v) is 8.05. The molecule has 0 heterocycles. The van der Waals surface area contributed by atoms with Crippen molar-refractivity contribution in [2.75, 3.05) is 0 Å². The van der Waals surface area contributed by atoms with Crippen LogP contribution in [0.1, 0.15) is 38.2 Å². The molecule has 18 heavy (non-hydrogen) atoms. The second kappa shape index (κ2) is 5.41. The molecule has 4 heteroatoms. The lowest BCUT2D eigenvalue weighted by molar-refractivity contribution is 0.332. The molecule has 0 spiro atoms. The molecule has 100 valence electrons. The van der Waals surface area contributed by atoms with Crippen molar-refractivity contribution in [3.05, 3.63) is 29.8 Å². The SMILES string of the molecule is Cc1ccc(S(=O)(=O)NC2CCC(C)CC2)cc1. The van der Waals surface area contributed by atoms with Crippen LogP contribution in [0.15, 0.2) is 29.2 Å². The highest BCUT2D eigenvalue weighted by Gasteiger charge is 2.23. The molecule has 0 aliphatic heterocycles. The van der Waals surface area contributed by atoms with E-state index < -0.39 is 10.0 Å². The first-order valence-electron chi connectivity index (χ1n) is 6.56. The summed E-state index contributed by atoms with van der Waals surface area (Å²) < 4.78 is 27.2. The number of nitrogens with one attached hydrogen (secondary N) is 1. The average Bonchev–Trinajstić information content (AvgIpc) is 2.32. The summed E-state index contributed by atoms with van der Waals surface area (Å²) in [5.41, 5.74) is 1.07. The molecule has 2 rings (SSSR count). The molecule has 0 unspecified atom stereocenters. The Balaban J connectivity index is 2.05. The monoisotopic (exact) mass is 267 g/mol. The number of rotatable bonds is 3. The van der Waals surface area contributed by atoms with Crippen molar-refractivity contribution in [3.8, 4) is 0 Å². The van der Waals surface area contributed by atoms with E-state index in [0.717, 1.165) is 37.2 Å². The molecule has 3 nitrogen and oxygen atoms in total. The van der Waals surface area contributed by atoms with Crippen molar-refractivity contribution in [1.82, 2.24) is 4.72 Å². The molecular formula is C14H21NO2S. The van der Waals surface area contributed by atoms with Crippen LogP contribution < -0.4 is 4.72 Å². The Morgan fingerprint density at radius 2 is 1.61 bits per heavy atom. The zero-order chi connectivity index (χ0) is 13.2. The molecule has 0 radical (unpaired) electrons. The summed E-state index contributed by atoms with van der Waals surface area (Å²) in [5.74, 6) is 0.727. The van der Waals surface area contributed by atoms with Gasteiger partial charge >= 0.3 is 0 Å². The van der Waals surface area contributed by atoms with E-state index in [2.05, 4.69) is 11.6 Å². The molecule has 1 fully saturated rings. The van der Waals surface area contributed by atoms with Gasteiger partial charge in [0, 0.05) is 6.04 Å². The number of hydrogen-bond donors (Lipinski definition) is 1. The number of benzene rings is 1. The van der Waals surface area contributed by atoms with Crippen molar-refractivity contribution in [2.24, 2.45) is 5.92 Å². The van der Waals surface area contributed by atoms with Gasteiger partial charge in [0.25, 0.3) is 0 Å². The molecule has 1 aromatic rings. The maximum absolute atomic E-state index is 12.2. The fourth-order valence-corrected chi connectivity index (χ4v) is 3.69. The normalized spacial score (nSPS) is 25.0. The van der Waals surface area contributed by atoms with E-state index in [-0.39, 0.29) is 6.04 Å². The van der Waals surface area contributed by atoms with Crippen LogP contribution in [0.3, 0.4) is 0 Å². The van der Waals surface area contributed by atoms with Gasteiger partial charge in [0.05, 0.1) is 4.90 Å². The summed E-state index contributed by atoms with van der Waals surface area (Å²) >= 11 is 0. The minimum Gasteiger partial charge on any atom is -0.208 e. The maximum atomic E-state index is 12.2. The molecule has 0 atom stereocenters. The Kier molecular flexibility index (Phi) is 4.07. The number of sulfonamides is 1. The van der Waals surface area contributed by atoms with Crippen LogP contribution in [0.2, 0.25) is 0 Å². The molecule has 1 saturated carbocycles. The van der Waals surface area contributed by atoms with Crippen LogP contribution in [0.25, 0.3) is 0 Å². The van der Waals surface area contributed by atoms with Gasteiger partial charge in [-0.1, -0.05) is 24.6 Å². The lowest BCUT2D eigenvalue weighted by Gasteiger charge is -2.26. The van der Waals surface area contributed by atoms with E-state index in [4.69, 9.17) is 0 Å². The fraction of sp³-hybridized carbons (Fsp3) is 0.571. The second-order valence-corrected chi connectivity index (χ2v) is 7.11. The summed E-state index contributed by atoms with van der Waals surface area (Å²) in [4.78, 5) is 0.367. The Morgan fingerprint density at radius 1 is 1.06 bits per heavy atom. The first kappa shape index (κ1) is 13.6. The Labute approximate surface area is 110 Å². The van der Waals surface area contributed by atoms with Gasteiger partial charge in [0.1, 0.15) is 0 Å². The van der Waals surface area contributed by atoms with Crippen molar-refractivity contribution in [1.29, 1.82) is 0 Å². The van der Waals surface area contributed by atoms with Gasteiger partial charge in [-0.25, -0.2) is 13.1 Å². The molecule has 1 aromatic carbocycles. The maximum Gasteiger partial charge on any atom is 0.240 e. The highest BCUT2D eigenvalue weighted by Crippen LogP contribution is 2.24. The summed E-state index contributed by atoms with van der Waals surface area (Å²) in [5, 5.41) is 0. The minimum absolute atomic E-state index is 0.104. The largest absolute Gasteiger partial charge is 0.240 e. The van der Waals surface area contributed by atoms with Crippen molar-refractivity contribution >= 4 is 10.0 Å². The van der Waals surface area contributed by atoms with E-state index >= 15 is 0 Å². The summed E-state index contributed by atoms with van der Waals surface area (Å²) in [6.07, 6.45) is 4.13. The quantitative estimate of drug-likeness (QED) is 0.915. The summed E-state index contributed by atoms with van der Waals surface area (Å²) in [6, 6.07) is 7.11. The third kappa shape index (κ3) is 3.33. The van der Waals surface area contributed by atoms with Gasteiger partial charge < -0.3 is 0 Å². The van der Waals surface area contributed by atoms with Crippen molar-refractivity contribution in [2.45, 2.75) is 50.5 Å². The summed E-state index contributed by atoms with van der Waals surface area (Å²) in [7, 11) is -3.34. The molecule has 1 N–H and O–H groups in total. The first-order chi connectivity index (χ1) is 8.47. The molecule has 0 amide bonds. The van der Waals surface area contributed by atoms with Gasteiger partial charge in [-0.15, -0.1) is 0 Å². The van der Waals surface area contributed by atoms with Crippen molar-refractivity contribution < 1.29 is 8.42 Å². The van der Waals surface area contributed by atoms with Gasteiger partial charge in [-0.05, 0) is 50.7 Å². The highest BCUT2D eigenvalue weighted by atomic mass is 32.2. The van der Waals surface area contributed by atoms with E-state index in [0.29, 0.717) is 4.90 Å². The smallest absolute Gasteiger partial charge is 0.208 e. The van der Waals surface area contributed by atoms with Crippen LogP contribution in [0.4, 0.5) is 0 Å². The molecule has 1 aliphatic carbocycles. The van der Waals surface area contributed by atoms with Gasteiger partial charge in [0.15, 0.2) is 0 Å². The van der Waals surface area contributed by atoms with Crippen LogP contribution in [-0.2, 0) is 10.0 Å². The minimum atomic E-state index is -3.34. The van der Waals surface area contributed by atoms with Crippen LogP contribution in [0, 0.1) is 12.8 Å². The van der Waals surface area contributed by atoms with Gasteiger partial charge in [-0.2, -0.15) is 0 Å². The lowest BCUT2D eigenvalue weighted by atomic mass is 9.88. The number of hydrogen-bond acceptors (Lipinski definition) is 2.